The number of likely N-dealkylation sites (N-methyl/N-ethyl adjacent to an activating group) is 1. The number of nitrogens with one attached hydrogen (secondary N) is 1. The summed E-state index contributed by atoms with van der Waals surface area (Å²) in [6, 6.07) is 7.69. The average molecular weight is 173 g/mol. The third-order valence-corrected chi connectivity index (χ3v) is 2.19. The lowest BCUT2D eigenvalue weighted by Gasteiger charge is -1.98. The molecule has 0 bridgehead atoms. The summed E-state index contributed by atoms with van der Waals surface area (Å²) in [4.78, 5) is 11.7. The third kappa shape index (κ3) is 1.29. The Balaban J connectivity index is 2.39. The maximum atomic E-state index is 11.7. The van der Waals surface area contributed by atoms with Gasteiger partial charge in [0.1, 0.15) is 0 Å². The summed E-state index contributed by atoms with van der Waals surface area (Å²) in [5, 5.41) is 2.99. The number of ketones is 1. The number of fused-ring (bicyclic) bond motifs is 1. The van der Waals surface area contributed by atoms with Crippen LogP contribution in [-0.4, -0.2) is 19.4 Å². The normalized spacial score (nSPS) is 14.2. The van der Waals surface area contributed by atoms with Crippen molar-refractivity contribution in [3.8, 4) is 0 Å². The van der Waals surface area contributed by atoms with E-state index in [1.165, 1.54) is 0 Å². The molecule has 0 aromatic heterocycles. The lowest BCUT2D eigenvalue weighted by molar-refractivity contribution is 0.103. The van der Waals surface area contributed by atoms with E-state index in [1.807, 2.05) is 37.4 Å². The molecule has 0 unspecified atom stereocenters. The van der Waals surface area contributed by atoms with Crippen LogP contribution >= 0.6 is 0 Å². The predicted octanol–water partition coefficient (Wildman–Crippen LogP) is 1.49. The molecule has 0 heterocycles. The van der Waals surface area contributed by atoms with Crippen molar-refractivity contribution in [3.05, 3.63) is 41.0 Å². The van der Waals surface area contributed by atoms with E-state index in [2.05, 4.69) is 5.32 Å². The number of carbonyl (C=O) groups is 1. The zero-order chi connectivity index (χ0) is 9.26. The van der Waals surface area contributed by atoms with Crippen molar-refractivity contribution in [3.63, 3.8) is 0 Å². The molecule has 2 nitrogen and oxygen atoms in total. The fourth-order valence-corrected chi connectivity index (χ4v) is 1.58. The van der Waals surface area contributed by atoms with Crippen molar-refractivity contribution in [1.29, 1.82) is 0 Å². The summed E-state index contributed by atoms with van der Waals surface area (Å²) in [5.74, 6) is 0.157. The van der Waals surface area contributed by atoms with Gasteiger partial charge in [-0.15, -0.1) is 0 Å². The highest BCUT2D eigenvalue weighted by atomic mass is 16.1. The van der Waals surface area contributed by atoms with Crippen molar-refractivity contribution in [2.75, 3.05) is 13.6 Å². The molecule has 13 heavy (non-hydrogen) atoms. The van der Waals surface area contributed by atoms with Gasteiger partial charge in [0, 0.05) is 17.7 Å². The summed E-state index contributed by atoms with van der Waals surface area (Å²) in [6.45, 7) is 0.646. The molecule has 1 aliphatic carbocycles. The summed E-state index contributed by atoms with van der Waals surface area (Å²) in [5.41, 5.74) is 2.72. The van der Waals surface area contributed by atoms with Crippen molar-refractivity contribution in [2.24, 2.45) is 0 Å². The van der Waals surface area contributed by atoms with Gasteiger partial charge in [-0.2, -0.15) is 0 Å². The van der Waals surface area contributed by atoms with E-state index in [0.29, 0.717) is 6.54 Å². The Morgan fingerprint density at radius 2 is 2.08 bits per heavy atom. The number of hydrogen-bond acceptors (Lipinski definition) is 2. The minimum absolute atomic E-state index is 0.157. The lowest BCUT2D eigenvalue weighted by Crippen LogP contribution is -2.14. The first kappa shape index (κ1) is 8.20. The number of Topliss-reactive ketones (excluding diaryl/α,β-unsaturated/α-hetero) is 1. The summed E-state index contributed by atoms with van der Waals surface area (Å²) in [7, 11) is 1.84. The van der Waals surface area contributed by atoms with Gasteiger partial charge in [0.2, 0.25) is 0 Å². The summed E-state index contributed by atoms with van der Waals surface area (Å²) >= 11 is 0. The van der Waals surface area contributed by atoms with Gasteiger partial charge < -0.3 is 5.32 Å². The molecule has 66 valence electrons. The quantitative estimate of drug-likeness (QED) is 0.734. The van der Waals surface area contributed by atoms with Crippen molar-refractivity contribution in [1.82, 2.24) is 5.32 Å². The highest BCUT2D eigenvalue weighted by molar-refractivity contribution is 6.18. The van der Waals surface area contributed by atoms with Crippen LogP contribution in [-0.2, 0) is 0 Å². The summed E-state index contributed by atoms with van der Waals surface area (Å²) in [6.07, 6.45) is 1.95. The van der Waals surface area contributed by atoms with Crippen LogP contribution in [0.1, 0.15) is 15.9 Å². The van der Waals surface area contributed by atoms with Crippen molar-refractivity contribution >= 4 is 11.9 Å². The van der Waals surface area contributed by atoms with Crippen molar-refractivity contribution < 1.29 is 4.79 Å². The van der Waals surface area contributed by atoms with Gasteiger partial charge in [0.15, 0.2) is 5.78 Å². The SMILES string of the molecule is CNCC1=Cc2ccccc2C1=O. The molecule has 0 amide bonds. The topological polar surface area (TPSA) is 29.1 Å². The zero-order valence-electron chi connectivity index (χ0n) is 7.50. The van der Waals surface area contributed by atoms with Gasteiger partial charge in [-0.25, -0.2) is 0 Å². The summed E-state index contributed by atoms with van der Waals surface area (Å²) < 4.78 is 0. The van der Waals surface area contributed by atoms with E-state index in [0.717, 1.165) is 16.7 Å². The molecular weight excluding hydrogens is 162 g/mol. The van der Waals surface area contributed by atoms with Crippen LogP contribution < -0.4 is 5.32 Å². The number of benzene rings is 1. The van der Waals surface area contributed by atoms with E-state index >= 15 is 0 Å². The Bertz CT molecular complexity index is 379. The van der Waals surface area contributed by atoms with Crippen LogP contribution in [0.2, 0.25) is 0 Å². The smallest absolute Gasteiger partial charge is 0.190 e. The Morgan fingerprint density at radius 3 is 2.77 bits per heavy atom. The molecule has 1 aromatic rings. The fourth-order valence-electron chi connectivity index (χ4n) is 1.58. The molecule has 0 saturated carbocycles. The zero-order valence-corrected chi connectivity index (χ0v) is 7.50. The minimum Gasteiger partial charge on any atom is -0.316 e. The molecule has 1 N–H and O–H groups in total. The van der Waals surface area contributed by atoms with Gasteiger partial charge >= 0.3 is 0 Å². The highest BCUT2D eigenvalue weighted by Crippen LogP contribution is 2.23. The standard InChI is InChI=1S/C11H11NO/c1-12-7-9-6-8-4-2-3-5-10(8)11(9)13/h2-6,12H,7H2,1H3. The maximum Gasteiger partial charge on any atom is 0.190 e. The number of rotatable bonds is 2. The van der Waals surface area contributed by atoms with Crippen LogP contribution in [0.15, 0.2) is 29.8 Å². The van der Waals surface area contributed by atoms with Crippen LogP contribution in [0.25, 0.3) is 6.08 Å². The first-order valence-corrected chi connectivity index (χ1v) is 4.32. The van der Waals surface area contributed by atoms with Crippen molar-refractivity contribution in [2.45, 2.75) is 0 Å². The van der Waals surface area contributed by atoms with E-state index < -0.39 is 0 Å². The molecule has 0 saturated heterocycles. The number of hydrogen-bond donors (Lipinski definition) is 1. The van der Waals surface area contributed by atoms with Crippen LogP contribution in [0.5, 0.6) is 0 Å². The predicted molar refractivity (Wildman–Crippen MR) is 52.7 cm³/mol. The van der Waals surface area contributed by atoms with Crippen LogP contribution in [0.4, 0.5) is 0 Å². The van der Waals surface area contributed by atoms with E-state index in [-0.39, 0.29) is 5.78 Å². The Labute approximate surface area is 77.3 Å². The molecule has 0 fully saturated rings. The van der Waals surface area contributed by atoms with E-state index in [4.69, 9.17) is 0 Å². The Hall–Kier alpha value is -1.41. The Kier molecular flexibility index (Phi) is 1.99. The second kappa shape index (κ2) is 3.15. The molecule has 2 heteroatoms. The first-order valence-electron chi connectivity index (χ1n) is 4.32. The fraction of sp³-hybridized carbons (Fsp3) is 0.182. The van der Waals surface area contributed by atoms with Gasteiger partial charge in [-0.05, 0) is 18.7 Å². The van der Waals surface area contributed by atoms with Crippen LogP contribution in [0, 0.1) is 0 Å². The third-order valence-electron chi connectivity index (χ3n) is 2.19. The second-order valence-corrected chi connectivity index (χ2v) is 3.12. The van der Waals surface area contributed by atoms with Crippen LogP contribution in [0.3, 0.4) is 0 Å². The highest BCUT2D eigenvalue weighted by Gasteiger charge is 2.20. The largest absolute Gasteiger partial charge is 0.316 e. The minimum atomic E-state index is 0.157. The second-order valence-electron chi connectivity index (χ2n) is 3.12. The molecule has 0 aliphatic heterocycles. The van der Waals surface area contributed by atoms with Gasteiger partial charge in [-0.3, -0.25) is 4.79 Å². The van der Waals surface area contributed by atoms with E-state index in [9.17, 15) is 4.79 Å². The molecule has 0 radical (unpaired) electrons. The number of carbonyl (C=O) groups excluding carboxylic acids is 1. The van der Waals surface area contributed by atoms with Gasteiger partial charge in [0.05, 0.1) is 0 Å². The molecular formula is C11H11NO. The monoisotopic (exact) mass is 173 g/mol. The first-order chi connectivity index (χ1) is 6.33. The lowest BCUT2D eigenvalue weighted by atomic mass is 10.1. The van der Waals surface area contributed by atoms with E-state index in [1.54, 1.807) is 0 Å². The van der Waals surface area contributed by atoms with Gasteiger partial charge in [0.25, 0.3) is 0 Å². The molecule has 1 aliphatic rings. The molecule has 2 rings (SSSR count). The average Bonchev–Trinajstić information content (AvgIpc) is 2.46. The Morgan fingerprint density at radius 1 is 1.31 bits per heavy atom. The molecule has 0 spiro atoms. The molecule has 1 aromatic carbocycles. The maximum absolute atomic E-state index is 11.7. The van der Waals surface area contributed by atoms with Gasteiger partial charge in [-0.1, -0.05) is 24.3 Å². The molecule has 0 atom stereocenters.